The van der Waals surface area contributed by atoms with Crippen molar-refractivity contribution in [3.63, 3.8) is 0 Å². The zero-order valence-electron chi connectivity index (χ0n) is 14.6. The lowest BCUT2D eigenvalue weighted by atomic mass is 10.1. The smallest absolute Gasteiger partial charge is 0.326 e. The molecule has 1 heterocycles. The zero-order chi connectivity index (χ0) is 18.0. The number of hydrogen-bond donors (Lipinski definition) is 2. The number of carboxylic acid groups (broad SMARTS) is 1. The van der Waals surface area contributed by atoms with E-state index in [0.29, 0.717) is 18.5 Å². The fraction of sp³-hybridized carbons (Fsp3) is 0.421. The Morgan fingerprint density at radius 3 is 2.76 bits per heavy atom. The second-order valence-corrected chi connectivity index (χ2v) is 6.48. The molecule has 0 radical (unpaired) electrons. The first kappa shape index (κ1) is 17.2. The van der Waals surface area contributed by atoms with Crippen molar-refractivity contribution in [2.75, 3.05) is 0 Å². The van der Waals surface area contributed by atoms with E-state index in [1.165, 1.54) is 0 Å². The number of para-hydroxylation sites is 1. The van der Waals surface area contributed by atoms with Crippen LogP contribution in [0.2, 0.25) is 0 Å². The van der Waals surface area contributed by atoms with Crippen molar-refractivity contribution in [2.24, 2.45) is 0 Å². The second kappa shape index (κ2) is 7.09. The van der Waals surface area contributed by atoms with Crippen molar-refractivity contribution in [3.05, 3.63) is 46.8 Å². The number of aryl methyl sites for hydroxylation is 1. The van der Waals surface area contributed by atoms with E-state index in [2.05, 4.69) is 10.4 Å². The van der Waals surface area contributed by atoms with Gasteiger partial charge in [-0.3, -0.25) is 4.79 Å². The summed E-state index contributed by atoms with van der Waals surface area (Å²) in [4.78, 5) is 24.0. The molecular weight excluding hydrogens is 318 g/mol. The van der Waals surface area contributed by atoms with E-state index < -0.39 is 17.9 Å². The summed E-state index contributed by atoms with van der Waals surface area (Å²) in [5.74, 6) is -1.41. The van der Waals surface area contributed by atoms with Crippen molar-refractivity contribution in [2.45, 2.75) is 52.0 Å². The van der Waals surface area contributed by atoms with Crippen LogP contribution in [0.25, 0.3) is 5.69 Å². The molecule has 1 atom stereocenters. The molecule has 1 aliphatic rings. The molecule has 1 amide bonds. The lowest BCUT2D eigenvalue weighted by Crippen LogP contribution is -2.41. The molecule has 0 bridgehead atoms. The first-order valence-electron chi connectivity index (χ1n) is 8.73. The fourth-order valence-electron chi connectivity index (χ4n) is 3.39. The van der Waals surface area contributed by atoms with E-state index in [-0.39, 0.29) is 0 Å². The maximum Gasteiger partial charge on any atom is 0.326 e. The summed E-state index contributed by atoms with van der Waals surface area (Å²) < 4.78 is 1.85. The van der Waals surface area contributed by atoms with E-state index in [4.69, 9.17) is 0 Å². The summed E-state index contributed by atoms with van der Waals surface area (Å²) in [5, 5.41) is 16.4. The van der Waals surface area contributed by atoms with Gasteiger partial charge < -0.3 is 10.4 Å². The number of aliphatic carboxylic acids is 1. The number of aromatic nitrogens is 2. The van der Waals surface area contributed by atoms with Gasteiger partial charge in [0.1, 0.15) is 6.04 Å². The molecule has 6 heteroatoms. The highest BCUT2D eigenvalue weighted by Gasteiger charge is 2.29. The van der Waals surface area contributed by atoms with Gasteiger partial charge in [0.05, 0.1) is 5.69 Å². The largest absolute Gasteiger partial charge is 0.480 e. The van der Waals surface area contributed by atoms with E-state index in [1.54, 1.807) is 0 Å². The number of benzene rings is 1. The molecule has 0 fully saturated rings. The fourth-order valence-corrected chi connectivity index (χ4v) is 3.39. The number of rotatable bonds is 6. The van der Waals surface area contributed by atoms with E-state index in [9.17, 15) is 14.7 Å². The van der Waals surface area contributed by atoms with Gasteiger partial charge in [-0.05, 0) is 44.2 Å². The quantitative estimate of drug-likeness (QED) is 0.846. The van der Waals surface area contributed by atoms with Crippen molar-refractivity contribution in [3.8, 4) is 5.69 Å². The monoisotopic (exact) mass is 341 g/mol. The standard InChI is InChI=1S/C19H23N3O3/c1-3-7-14(19(24)25)20-18(23)17-13-9-6-11-16(13)22(21-17)15-10-5-4-8-12(15)2/h4-5,8,10,14H,3,6-7,9,11H2,1-2H3,(H,20,23)(H,24,25). The minimum atomic E-state index is -1.01. The van der Waals surface area contributed by atoms with Gasteiger partial charge in [0.15, 0.2) is 5.69 Å². The van der Waals surface area contributed by atoms with Gasteiger partial charge in [-0.15, -0.1) is 0 Å². The van der Waals surface area contributed by atoms with Crippen LogP contribution in [0, 0.1) is 6.92 Å². The predicted molar refractivity (Wildman–Crippen MR) is 94.1 cm³/mol. The SMILES string of the molecule is CCCC(NC(=O)c1nn(-c2ccccc2C)c2c1CCC2)C(=O)O. The average Bonchev–Trinajstić information content (AvgIpc) is 3.17. The Hall–Kier alpha value is -2.63. The van der Waals surface area contributed by atoms with Crippen molar-refractivity contribution in [1.82, 2.24) is 15.1 Å². The Balaban J connectivity index is 1.96. The lowest BCUT2D eigenvalue weighted by Gasteiger charge is -2.13. The predicted octanol–water partition coefficient (Wildman–Crippen LogP) is 2.65. The summed E-state index contributed by atoms with van der Waals surface area (Å²) in [7, 11) is 0. The molecule has 0 saturated heterocycles. The minimum Gasteiger partial charge on any atom is -0.480 e. The number of nitrogens with one attached hydrogen (secondary N) is 1. The third kappa shape index (κ3) is 3.29. The van der Waals surface area contributed by atoms with Crippen LogP contribution < -0.4 is 5.32 Å². The Morgan fingerprint density at radius 2 is 2.08 bits per heavy atom. The average molecular weight is 341 g/mol. The molecule has 1 aromatic carbocycles. The van der Waals surface area contributed by atoms with Crippen LogP contribution in [-0.2, 0) is 17.6 Å². The lowest BCUT2D eigenvalue weighted by molar-refractivity contribution is -0.139. The highest BCUT2D eigenvalue weighted by molar-refractivity contribution is 5.96. The molecule has 1 aliphatic carbocycles. The van der Waals surface area contributed by atoms with Crippen LogP contribution >= 0.6 is 0 Å². The molecule has 25 heavy (non-hydrogen) atoms. The van der Waals surface area contributed by atoms with Gasteiger partial charge in [0.2, 0.25) is 0 Å². The number of carboxylic acids is 1. The van der Waals surface area contributed by atoms with Gasteiger partial charge in [-0.1, -0.05) is 31.5 Å². The van der Waals surface area contributed by atoms with Crippen LogP contribution in [0.3, 0.4) is 0 Å². The first-order valence-corrected chi connectivity index (χ1v) is 8.73. The molecule has 1 aromatic heterocycles. The van der Waals surface area contributed by atoms with Crippen LogP contribution in [0.15, 0.2) is 24.3 Å². The molecule has 0 saturated carbocycles. The highest BCUT2D eigenvalue weighted by Crippen LogP contribution is 2.28. The summed E-state index contributed by atoms with van der Waals surface area (Å²) in [6.45, 7) is 3.91. The molecule has 2 N–H and O–H groups in total. The molecule has 6 nitrogen and oxygen atoms in total. The third-order valence-electron chi connectivity index (χ3n) is 4.67. The van der Waals surface area contributed by atoms with Gasteiger partial charge >= 0.3 is 5.97 Å². The maximum absolute atomic E-state index is 12.7. The van der Waals surface area contributed by atoms with Crippen molar-refractivity contribution >= 4 is 11.9 Å². The van der Waals surface area contributed by atoms with Crippen molar-refractivity contribution in [1.29, 1.82) is 0 Å². The van der Waals surface area contributed by atoms with Crippen LogP contribution in [0.4, 0.5) is 0 Å². The first-order chi connectivity index (χ1) is 12.0. The molecule has 1 unspecified atom stereocenters. The Morgan fingerprint density at radius 1 is 1.32 bits per heavy atom. The second-order valence-electron chi connectivity index (χ2n) is 6.48. The molecule has 2 aromatic rings. The maximum atomic E-state index is 12.7. The summed E-state index contributed by atoms with van der Waals surface area (Å²) >= 11 is 0. The summed E-state index contributed by atoms with van der Waals surface area (Å²) in [6.07, 6.45) is 3.75. The number of amides is 1. The van der Waals surface area contributed by atoms with E-state index in [0.717, 1.165) is 41.8 Å². The number of fused-ring (bicyclic) bond motifs is 1. The summed E-state index contributed by atoms with van der Waals surface area (Å²) in [5.41, 5.74) is 4.41. The number of carbonyl (C=O) groups excluding carboxylic acids is 1. The van der Waals surface area contributed by atoms with Crippen LogP contribution in [0.1, 0.15) is 53.5 Å². The van der Waals surface area contributed by atoms with Gasteiger partial charge in [0.25, 0.3) is 5.91 Å². The molecule has 0 aliphatic heterocycles. The number of carbonyl (C=O) groups is 2. The van der Waals surface area contributed by atoms with E-state index in [1.807, 2.05) is 42.8 Å². The normalized spacial score (nSPS) is 14.2. The molecule has 0 spiro atoms. The molecular formula is C19H23N3O3. The Bertz CT molecular complexity index is 810. The Kier molecular flexibility index (Phi) is 4.88. The van der Waals surface area contributed by atoms with Gasteiger partial charge in [0, 0.05) is 11.3 Å². The van der Waals surface area contributed by atoms with Crippen LogP contribution in [0.5, 0.6) is 0 Å². The highest BCUT2D eigenvalue weighted by atomic mass is 16.4. The van der Waals surface area contributed by atoms with Crippen LogP contribution in [-0.4, -0.2) is 32.8 Å². The molecule has 132 valence electrons. The topological polar surface area (TPSA) is 84.2 Å². The number of hydrogen-bond acceptors (Lipinski definition) is 3. The molecule has 3 rings (SSSR count). The third-order valence-corrected chi connectivity index (χ3v) is 4.67. The number of nitrogens with zero attached hydrogens (tertiary/aromatic N) is 2. The Labute approximate surface area is 146 Å². The van der Waals surface area contributed by atoms with E-state index >= 15 is 0 Å². The van der Waals surface area contributed by atoms with Gasteiger partial charge in [-0.2, -0.15) is 5.10 Å². The van der Waals surface area contributed by atoms with Gasteiger partial charge in [-0.25, -0.2) is 9.48 Å². The zero-order valence-corrected chi connectivity index (χ0v) is 14.6. The minimum absolute atomic E-state index is 0.359. The van der Waals surface area contributed by atoms with Crippen molar-refractivity contribution < 1.29 is 14.7 Å². The summed E-state index contributed by atoms with van der Waals surface area (Å²) in [6, 6.07) is 7.04.